The van der Waals surface area contributed by atoms with Gasteiger partial charge < -0.3 is 20.9 Å². The fourth-order valence-corrected chi connectivity index (χ4v) is 3.84. The molecule has 29 heavy (non-hydrogen) atoms. The Kier molecular flexibility index (Phi) is 5.16. The maximum Gasteiger partial charge on any atom is 0.319 e. The molecule has 3 atom stereocenters. The second-order valence-corrected chi connectivity index (χ2v) is 7.30. The molecular formula is C21H21FN4O3. The Morgan fingerprint density at radius 2 is 1.83 bits per heavy atom. The molecule has 2 aromatic rings. The molecule has 0 aliphatic carbocycles. The van der Waals surface area contributed by atoms with Crippen LogP contribution in [0.25, 0.3) is 0 Å². The van der Waals surface area contributed by atoms with Gasteiger partial charge in [-0.05, 0) is 36.2 Å². The Morgan fingerprint density at radius 3 is 2.55 bits per heavy atom. The van der Waals surface area contributed by atoms with Crippen molar-refractivity contribution in [1.29, 1.82) is 0 Å². The van der Waals surface area contributed by atoms with E-state index in [9.17, 15) is 18.8 Å². The molecular weight excluding hydrogens is 375 g/mol. The quantitative estimate of drug-likeness (QED) is 0.734. The van der Waals surface area contributed by atoms with Crippen LogP contribution in [0.3, 0.4) is 0 Å². The second-order valence-electron chi connectivity index (χ2n) is 7.30. The number of anilines is 1. The number of urea groups is 1. The van der Waals surface area contributed by atoms with Crippen molar-refractivity contribution in [1.82, 2.24) is 15.5 Å². The number of rotatable bonds is 4. The first-order chi connectivity index (χ1) is 14.0. The van der Waals surface area contributed by atoms with Crippen molar-refractivity contribution in [2.45, 2.75) is 31.0 Å². The summed E-state index contributed by atoms with van der Waals surface area (Å²) in [5, 5.41) is 8.22. The highest BCUT2D eigenvalue weighted by atomic mass is 19.1. The van der Waals surface area contributed by atoms with Crippen LogP contribution in [0.1, 0.15) is 12.0 Å². The van der Waals surface area contributed by atoms with Gasteiger partial charge in [0.15, 0.2) is 0 Å². The monoisotopic (exact) mass is 396 g/mol. The van der Waals surface area contributed by atoms with Crippen molar-refractivity contribution in [2.24, 2.45) is 0 Å². The van der Waals surface area contributed by atoms with Gasteiger partial charge in [-0.1, -0.05) is 30.3 Å². The van der Waals surface area contributed by atoms with E-state index in [2.05, 4.69) is 16.0 Å². The largest absolute Gasteiger partial charge is 0.342 e. The van der Waals surface area contributed by atoms with Gasteiger partial charge in [-0.25, -0.2) is 9.18 Å². The molecule has 0 bridgehead atoms. The van der Waals surface area contributed by atoms with Crippen LogP contribution in [0.2, 0.25) is 0 Å². The van der Waals surface area contributed by atoms with Crippen LogP contribution >= 0.6 is 0 Å². The number of fused-ring (bicyclic) bond motifs is 1. The molecule has 0 spiro atoms. The summed E-state index contributed by atoms with van der Waals surface area (Å²) in [6.07, 6.45) is 0.782. The number of hydrogen-bond donors (Lipinski definition) is 3. The number of nitrogens with one attached hydrogen (secondary N) is 3. The molecule has 8 heteroatoms. The van der Waals surface area contributed by atoms with Gasteiger partial charge in [0.05, 0.1) is 6.04 Å². The minimum absolute atomic E-state index is 0.137. The molecule has 0 aromatic heterocycles. The highest BCUT2D eigenvalue weighted by Gasteiger charge is 2.46. The van der Waals surface area contributed by atoms with Gasteiger partial charge in [-0.15, -0.1) is 0 Å². The lowest BCUT2D eigenvalue weighted by Gasteiger charge is -2.34. The van der Waals surface area contributed by atoms with E-state index < -0.39 is 23.9 Å². The van der Waals surface area contributed by atoms with Gasteiger partial charge in [0, 0.05) is 18.7 Å². The maximum absolute atomic E-state index is 13.0. The number of piperazine rings is 1. The summed E-state index contributed by atoms with van der Waals surface area (Å²) in [6.45, 7) is 0.277. The number of nitrogens with zero attached hydrogens (tertiary/aromatic N) is 1. The van der Waals surface area contributed by atoms with Crippen molar-refractivity contribution < 1.29 is 18.8 Å². The van der Waals surface area contributed by atoms with Crippen LogP contribution in [0.4, 0.5) is 14.9 Å². The summed E-state index contributed by atoms with van der Waals surface area (Å²) in [5.74, 6) is -0.728. The van der Waals surface area contributed by atoms with Crippen LogP contribution in [0.15, 0.2) is 54.6 Å². The average Bonchev–Trinajstić information content (AvgIpc) is 3.13. The smallest absolute Gasteiger partial charge is 0.319 e. The average molecular weight is 396 g/mol. The van der Waals surface area contributed by atoms with Gasteiger partial charge in [-0.3, -0.25) is 9.59 Å². The van der Waals surface area contributed by atoms with E-state index in [0.29, 0.717) is 18.5 Å². The summed E-state index contributed by atoms with van der Waals surface area (Å²) >= 11 is 0. The van der Waals surface area contributed by atoms with Crippen molar-refractivity contribution >= 4 is 23.5 Å². The first-order valence-electron chi connectivity index (χ1n) is 9.47. The predicted molar refractivity (Wildman–Crippen MR) is 105 cm³/mol. The fourth-order valence-electron chi connectivity index (χ4n) is 3.84. The molecule has 0 radical (unpaired) electrons. The molecule has 4 amide bonds. The highest BCUT2D eigenvalue weighted by Crippen LogP contribution is 2.24. The fraction of sp³-hybridized carbons (Fsp3) is 0.286. The normalized spacial score (nSPS) is 23.3. The van der Waals surface area contributed by atoms with Gasteiger partial charge in [0.25, 0.3) is 0 Å². The van der Waals surface area contributed by atoms with Crippen molar-refractivity contribution in [3.63, 3.8) is 0 Å². The van der Waals surface area contributed by atoms with Crippen LogP contribution in [-0.4, -0.2) is 47.4 Å². The van der Waals surface area contributed by atoms with E-state index in [0.717, 1.165) is 5.56 Å². The summed E-state index contributed by atoms with van der Waals surface area (Å²) in [7, 11) is 0. The molecule has 0 unspecified atom stereocenters. The molecule has 150 valence electrons. The van der Waals surface area contributed by atoms with E-state index in [1.165, 1.54) is 24.3 Å². The molecule has 3 N–H and O–H groups in total. The Morgan fingerprint density at radius 1 is 1.10 bits per heavy atom. The molecule has 2 fully saturated rings. The van der Waals surface area contributed by atoms with Gasteiger partial charge in [-0.2, -0.15) is 0 Å². The van der Waals surface area contributed by atoms with E-state index in [-0.39, 0.29) is 24.4 Å². The minimum atomic E-state index is -0.604. The first kappa shape index (κ1) is 18.9. The number of halogens is 1. The van der Waals surface area contributed by atoms with Gasteiger partial charge in [0.2, 0.25) is 11.8 Å². The Balaban J connectivity index is 1.37. The van der Waals surface area contributed by atoms with E-state index in [1.54, 1.807) is 4.90 Å². The molecule has 2 aliphatic heterocycles. The maximum atomic E-state index is 13.0. The van der Waals surface area contributed by atoms with Crippen molar-refractivity contribution in [2.75, 3.05) is 11.9 Å². The van der Waals surface area contributed by atoms with Crippen LogP contribution in [-0.2, 0) is 16.0 Å². The minimum Gasteiger partial charge on any atom is -0.342 e. The third-order valence-electron chi connectivity index (χ3n) is 5.22. The third kappa shape index (κ3) is 4.21. The molecule has 2 heterocycles. The summed E-state index contributed by atoms with van der Waals surface area (Å²) in [4.78, 5) is 39.1. The summed E-state index contributed by atoms with van der Waals surface area (Å²) in [5.41, 5.74) is 1.42. The topological polar surface area (TPSA) is 90.5 Å². The number of carbonyl (C=O) groups excluding carboxylic acids is 3. The number of amides is 4. The Labute approximate surface area is 167 Å². The molecule has 2 saturated heterocycles. The lowest BCUT2D eigenvalue weighted by Crippen LogP contribution is -2.61. The molecule has 0 saturated carbocycles. The highest BCUT2D eigenvalue weighted by molar-refractivity contribution is 5.98. The SMILES string of the molecule is O=C(Nc1ccc(F)cc1)N[C@H]1C[C@H]2C(=O)N[C@@H](Cc3ccccc3)C(=O)N2C1. The molecule has 2 aromatic carbocycles. The van der Waals surface area contributed by atoms with Crippen LogP contribution < -0.4 is 16.0 Å². The number of benzene rings is 2. The molecule has 7 nitrogen and oxygen atoms in total. The van der Waals surface area contributed by atoms with Crippen LogP contribution in [0.5, 0.6) is 0 Å². The first-order valence-corrected chi connectivity index (χ1v) is 9.47. The Bertz CT molecular complexity index is 919. The molecule has 2 aliphatic rings. The zero-order valence-corrected chi connectivity index (χ0v) is 15.6. The van der Waals surface area contributed by atoms with E-state index in [1.807, 2.05) is 30.3 Å². The lowest BCUT2D eigenvalue weighted by molar-refractivity contribution is -0.147. The van der Waals surface area contributed by atoms with Crippen molar-refractivity contribution in [3.8, 4) is 0 Å². The van der Waals surface area contributed by atoms with E-state index in [4.69, 9.17) is 0 Å². The van der Waals surface area contributed by atoms with Crippen LogP contribution in [0, 0.1) is 5.82 Å². The zero-order valence-electron chi connectivity index (χ0n) is 15.6. The third-order valence-corrected chi connectivity index (χ3v) is 5.22. The summed E-state index contributed by atoms with van der Waals surface area (Å²) < 4.78 is 13.0. The van der Waals surface area contributed by atoms with Crippen molar-refractivity contribution in [3.05, 3.63) is 66.0 Å². The summed E-state index contributed by atoms with van der Waals surface area (Å²) in [6, 6.07) is 12.9. The van der Waals surface area contributed by atoms with E-state index >= 15 is 0 Å². The number of carbonyl (C=O) groups is 3. The predicted octanol–water partition coefficient (Wildman–Crippen LogP) is 1.66. The Hall–Kier alpha value is -3.42. The van der Waals surface area contributed by atoms with Gasteiger partial charge in [0.1, 0.15) is 17.9 Å². The van der Waals surface area contributed by atoms with Gasteiger partial charge >= 0.3 is 6.03 Å². The number of hydrogen-bond acceptors (Lipinski definition) is 3. The lowest BCUT2D eigenvalue weighted by atomic mass is 10.0. The standard InChI is InChI=1S/C21H21FN4O3/c22-14-6-8-15(9-7-14)23-21(29)24-16-11-18-19(27)25-17(20(28)26(18)12-16)10-13-4-2-1-3-5-13/h1-9,16-18H,10-12H2,(H,25,27)(H2,23,24,29)/t16-,17-,18-/m0/s1. The molecule has 4 rings (SSSR count). The zero-order chi connectivity index (χ0) is 20.4. The second kappa shape index (κ2) is 7.90.